The Morgan fingerprint density at radius 2 is 2.48 bits per heavy atom. The molecule has 7 nitrogen and oxygen atoms in total. The molecule has 7 heteroatoms. The van der Waals surface area contributed by atoms with Gasteiger partial charge in [-0.1, -0.05) is 0 Å². The molecule has 2 aromatic heterocycles. The minimum absolute atomic E-state index is 0.0410. The normalized spacial score (nSPS) is 18.9. The highest BCUT2D eigenvalue weighted by Gasteiger charge is 2.17. The van der Waals surface area contributed by atoms with Crippen LogP contribution in [0.4, 0.5) is 5.69 Å². The molecule has 2 N–H and O–H groups in total. The van der Waals surface area contributed by atoms with Crippen molar-refractivity contribution in [1.82, 2.24) is 20.1 Å². The molecule has 3 heterocycles. The van der Waals surface area contributed by atoms with Crippen LogP contribution in [0.2, 0.25) is 0 Å². The van der Waals surface area contributed by atoms with E-state index in [0.717, 1.165) is 23.3 Å². The summed E-state index contributed by atoms with van der Waals surface area (Å²) in [4.78, 5) is 16.4. The molecular formula is C14H19N5O2. The number of nitrogens with one attached hydrogen (secondary N) is 2. The summed E-state index contributed by atoms with van der Waals surface area (Å²) >= 11 is 0. The number of carbonyl (C=O) groups is 1. The number of ether oxygens (including phenoxy) is 1. The number of carbonyl (C=O) groups excluding carboxylic acids is 1. The van der Waals surface area contributed by atoms with Crippen molar-refractivity contribution in [1.29, 1.82) is 0 Å². The van der Waals surface area contributed by atoms with Gasteiger partial charge in [-0.15, -0.1) is 0 Å². The van der Waals surface area contributed by atoms with Gasteiger partial charge in [0.15, 0.2) is 5.65 Å². The maximum atomic E-state index is 12.1. The summed E-state index contributed by atoms with van der Waals surface area (Å²) in [6.45, 7) is 4.00. The molecule has 0 saturated carbocycles. The molecule has 112 valence electrons. The summed E-state index contributed by atoms with van der Waals surface area (Å²) in [6, 6.07) is 1.99. The fourth-order valence-corrected chi connectivity index (χ4v) is 2.56. The van der Waals surface area contributed by atoms with Gasteiger partial charge in [0.1, 0.15) is 0 Å². The van der Waals surface area contributed by atoms with E-state index in [2.05, 4.69) is 20.7 Å². The number of hydrogen-bond donors (Lipinski definition) is 2. The highest BCUT2D eigenvalue weighted by Crippen LogP contribution is 2.19. The van der Waals surface area contributed by atoms with Crippen LogP contribution < -0.4 is 10.6 Å². The lowest BCUT2D eigenvalue weighted by molar-refractivity contribution is -0.117. The van der Waals surface area contributed by atoms with Gasteiger partial charge in [0.25, 0.3) is 0 Å². The van der Waals surface area contributed by atoms with Crippen molar-refractivity contribution in [2.45, 2.75) is 19.4 Å². The fraction of sp³-hybridized carbons (Fsp3) is 0.500. The van der Waals surface area contributed by atoms with Crippen molar-refractivity contribution >= 4 is 22.6 Å². The summed E-state index contributed by atoms with van der Waals surface area (Å²) in [5.74, 6) is -0.0410. The second kappa shape index (κ2) is 5.79. The number of pyridine rings is 1. The highest BCUT2D eigenvalue weighted by atomic mass is 16.5. The first-order chi connectivity index (χ1) is 10.1. The van der Waals surface area contributed by atoms with Crippen molar-refractivity contribution in [3.8, 4) is 0 Å². The van der Waals surface area contributed by atoms with Crippen LogP contribution in [0.25, 0.3) is 11.0 Å². The monoisotopic (exact) mass is 289 g/mol. The number of nitrogens with zero attached hydrogens (tertiary/aromatic N) is 3. The Balaban J connectivity index is 1.69. The molecule has 0 radical (unpaired) electrons. The average Bonchev–Trinajstić information content (AvgIpc) is 2.74. The third kappa shape index (κ3) is 3.03. The molecule has 1 saturated heterocycles. The van der Waals surface area contributed by atoms with Crippen LogP contribution in [0.1, 0.15) is 12.1 Å². The molecule has 1 atom stereocenters. The lowest BCUT2D eigenvalue weighted by Gasteiger charge is -2.23. The topological polar surface area (TPSA) is 81.1 Å². The minimum atomic E-state index is -0.0410. The van der Waals surface area contributed by atoms with Gasteiger partial charge in [-0.2, -0.15) is 5.10 Å². The van der Waals surface area contributed by atoms with E-state index in [0.29, 0.717) is 25.3 Å². The Morgan fingerprint density at radius 1 is 1.62 bits per heavy atom. The van der Waals surface area contributed by atoms with Crippen molar-refractivity contribution in [3.05, 3.63) is 18.0 Å². The van der Waals surface area contributed by atoms with E-state index in [-0.39, 0.29) is 11.9 Å². The molecule has 0 aliphatic carbocycles. The number of aromatic nitrogens is 3. The minimum Gasteiger partial charge on any atom is -0.378 e. The van der Waals surface area contributed by atoms with Crippen LogP contribution in [0.3, 0.4) is 0 Å². The van der Waals surface area contributed by atoms with Crippen molar-refractivity contribution in [2.24, 2.45) is 7.05 Å². The van der Waals surface area contributed by atoms with Crippen LogP contribution in [0.5, 0.6) is 0 Å². The first kappa shape index (κ1) is 14.0. The molecule has 1 unspecified atom stereocenters. The number of morpholine rings is 1. The number of amides is 1. The molecule has 1 aliphatic rings. The van der Waals surface area contributed by atoms with E-state index >= 15 is 0 Å². The predicted molar refractivity (Wildman–Crippen MR) is 79.1 cm³/mol. The van der Waals surface area contributed by atoms with Gasteiger partial charge in [-0.05, 0) is 13.0 Å². The molecule has 21 heavy (non-hydrogen) atoms. The first-order valence-corrected chi connectivity index (χ1v) is 7.04. The van der Waals surface area contributed by atoms with Crippen molar-refractivity contribution in [2.75, 3.05) is 25.1 Å². The Kier molecular flexibility index (Phi) is 3.85. The molecule has 1 aliphatic heterocycles. The first-order valence-electron chi connectivity index (χ1n) is 7.04. The van der Waals surface area contributed by atoms with Crippen LogP contribution in [0.15, 0.2) is 12.3 Å². The van der Waals surface area contributed by atoms with E-state index in [1.807, 2.05) is 20.0 Å². The predicted octanol–water partition coefficient (Wildman–Crippen LogP) is 0.594. The smallest absolute Gasteiger partial charge is 0.226 e. The second-order valence-electron chi connectivity index (χ2n) is 5.28. The summed E-state index contributed by atoms with van der Waals surface area (Å²) in [7, 11) is 1.86. The molecule has 3 rings (SSSR count). The van der Waals surface area contributed by atoms with Crippen molar-refractivity contribution < 1.29 is 9.53 Å². The van der Waals surface area contributed by atoms with Gasteiger partial charge < -0.3 is 15.4 Å². The number of hydrogen-bond acceptors (Lipinski definition) is 5. The van der Waals surface area contributed by atoms with Crippen LogP contribution >= 0.6 is 0 Å². The van der Waals surface area contributed by atoms with E-state index in [4.69, 9.17) is 4.74 Å². The van der Waals surface area contributed by atoms with Crippen molar-refractivity contribution in [3.63, 3.8) is 0 Å². The Morgan fingerprint density at radius 3 is 3.24 bits per heavy atom. The number of anilines is 1. The fourth-order valence-electron chi connectivity index (χ4n) is 2.56. The maximum absolute atomic E-state index is 12.1. The average molecular weight is 289 g/mol. The van der Waals surface area contributed by atoms with Gasteiger partial charge in [-0.25, -0.2) is 4.98 Å². The molecule has 0 bridgehead atoms. The van der Waals surface area contributed by atoms with Gasteiger partial charge in [0.2, 0.25) is 5.91 Å². The second-order valence-corrected chi connectivity index (χ2v) is 5.28. The maximum Gasteiger partial charge on any atom is 0.226 e. The van der Waals surface area contributed by atoms with Crippen LogP contribution in [-0.2, 0) is 16.6 Å². The Hall–Kier alpha value is -1.99. The quantitative estimate of drug-likeness (QED) is 0.864. The summed E-state index contributed by atoms with van der Waals surface area (Å²) in [6.07, 6.45) is 2.05. The lowest BCUT2D eigenvalue weighted by atomic mass is 10.2. The van der Waals surface area contributed by atoms with Gasteiger partial charge >= 0.3 is 0 Å². The largest absolute Gasteiger partial charge is 0.378 e. The molecule has 0 aromatic carbocycles. The third-order valence-electron chi connectivity index (χ3n) is 3.58. The van der Waals surface area contributed by atoms with Crippen LogP contribution in [0, 0.1) is 6.92 Å². The van der Waals surface area contributed by atoms with E-state index < -0.39 is 0 Å². The highest BCUT2D eigenvalue weighted by molar-refractivity contribution is 5.93. The Bertz CT molecular complexity index is 661. The standard InChI is InChI=1S/C14H19N5O2/c1-9-12-5-10(7-16-14(12)19(2)18-9)17-13(20)6-11-8-21-4-3-15-11/h5,7,11,15H,3-4,6,8H2,1-2H3,(H,17,20). The number of fused-ring (bicyclic) bond motifs is 1. The summed E-state index contributed by atoms with van der Waals surface area (Å²) < 4.78 is 7.08. The van der Waals surface area contributed by atoms with Gasteiger partial charge in [-0.3, -0.25) is 9.48 Å². The zero-order valence-electron chi connectivity index (χ0n) is 12.2. The number of aryl methyl sites for hydroxylation is 2. The summed E-state index contributed by atoms with van der Waals surface area (Å²) in [5.41, 5.74) is 2.41. The van der Waals surface area contributed by atoms with Gasteiger partial charge in [0.05, 0.1) is 30.8 Å². The van der Waals surface area contributed by atoms with E-state index in [1.165, 1.54) is 0 Å². The third-order valence-corrected chi connectivity index (χ3v) is 3.58. The lowest BCUT2D eigenvalue weighted by Crippen LogP contribution is -2.43. The van der Waals surface area contributed by atoms with Gasteiger partial charge in [0, 0.05) is 31.4 Å². The summed E-state index contributed by atoms with van der Waals surface area (Å²) in [5, 5.41) is 11.4. The molecule has 1 fully saturated rings. The number of rotatable bonds is 3. The van der Waals surface area contributed by atoms with E-state index in [9.17, 15) is 4.79 Å². The molecule has 1 amide bonds. The van der Waals surface area contributed by atoms with E-state index in [1.54, 1.807) is 10.9 Å². The van der Waals surface area contributed by atoms with Crippen LogP contribution in [-0.4, -0.2) is 46.5 Å². The SMILES string of the molecule is Cc1nn(C)c2ncc(NC(=O)CC3COCCN3)cc12. The Labute approximate surface area is 122 Å². The molecule has 0 spiro atoms. The zero-order chi connectivity index (χ0) is 14.8. The molecular weight excluding hydrogens is 270 g/mol. The zero-order valence-corrected chi connectivity index (χ0v) is 12.2. The molecule has 2 aromatic rings.